The van der Waals surface area contributed by atoms with Crippen molar-refractivity contribution < 1.29 is 9.47 Å². The summed E-state index contributed by atoms with van der Waals surface area (Å²) in [6, 6.07) is 8.81. The Labute approximate surface area is 211 Å². The number of ether oxygens (including phenoxy) is 2. The van der Waals surface area contributed by atoms with Crippen LogP contribution in [0.25, 0.3) is 0 Å². The van der Waals surface area contributed by atoms with Crippen LogP contribution in [0, 0.1) is 0 Å². The largest absolute Gasteiger partial charge is 0.492 e. The molecule has 0 amide bonds. The topological polar surface area (TPSA) is 61.4 Å². The Morgan fingerprint density at radius 2 is 1.84 bits per heavy atom. The number of nitrogens with one attached hydrogen (secondary N) is 2. The first-order chi connectivity index (χ1) is 15.3. The number of guanidine groups is 1. The zero-order chi connectivity index (χ0) is 21.7. The monoisotopic (exact) mass is 559 g/mol. The Morgan fingerprint density at radius 3 is 2.56 bits per heavy atom. The Hall–Kier alpha value is -1.10. The van der Waals surface area contributed by atoms with E-state index in [1.807, 2.05) is 6.07 Å². The molecule has 0 unspecified atom stereocenters. The predicted molar refractivity (Wildman–Crippen MR) is 142 cm³/mol. The average Bonchev–Trinajstić information content (AvgIpc) is 2.80. The molecular formula is C24H42IN5O2. The molecule has 2 aliphatic heterocycles. The van der Waals surface area contributed by atoms with Crippen LogP contribution in [0.1, 0.15) is 38.7 Å². The van der Waals surface area contributed by atoms with E-state index < -0.39 is 0 Å². The van der Waals surface area contributed by atoms with Gasteiger partial charge in [0.1, 0.15) is 12.4 Å². The third-order valence-electron chi connectivity index (χ3n) is 5.91. The summed E-state index contributed by atoms with van der Waals surface area (Å²) in [6.07, 6.45) is 3.59. The van der Waals surface area contributed by atoms with Gasteiger partial charge in [0.25, 0.3) is 0 Å². The fourth-order valence-corrected chi connectivity index (χ4v) is 4.15. The van der Waals surface area contributed by atoms with E-state index in [9.17, 15) is 0 Å². The number of hydrogen-bond donors (Lipinski definition) is 2. The number of rotatable bonds is 10. The fraction of sp³-hybridized carbons (Fsp3) is 0.708. The summed E-state index contributed by atoms with van der Waals surface area (Å²) >= 11 is 0. The summed E-state index contributed by atoms with van der Waals surface area (Å²) in [5, 5.41) is 7.04. The van der Waals surface area contributed by atoms with E-state index in [-0.39, 0.29) is 24.0 Å². The molecule has 0 spiro atoms. The molecule has 2 heterocycles. The number of likely N-dealkylation sites (tertiary alicyclic amines) is 1. The molecule has 2 N–H and O–H groups in total. The molecule has 0 radical (unpaired) electrons. The number of aliphatic imine (C=N–C) groups is 1. The van der Waals surface area contributed by atoms with Crippen LogP contribution in [0.15, 0.2) is 29.3 Å². The minimum Gasteiger partial charge on any atom is -0.492 e. The molecule has 1 aromatic rings. The van der Waals surface area contributed by atoms with Gasteiger partial charge in [-0.3, -0.25) is 4.90 Å². The molecule has 0 saturated carbocycles. The molecule has 2 aliphatic rings. The number of morpholine rings is 1. The van der Waals surface area contributed by atoms with Gasteiger partial charge < -0.3 is 25.0 Å². The lowest BCUT2D eigenvalue weighted by atomic mass is 10.1. The minimum absolute atomic E-state index is 0. The number of nitrogens with zero attached hydrogens (tertiary/aromatic N) is 3. The lowest BCUT2D eigenvalue weighted by Gasteiger charge is -2.32. The maximum atomic E-state index is 5.99. The van der Waals surface area contributed by atoms with E-state index in [1.54, 1.807) is 0 Å². The Balaban J connectivity index is 0.00000363. The van der Waals surface area contributed by atoms with E-state index >= 15 is 0 Å². The van der Waals surface area contributed by atoms with Crippen LogP contribution in [0.3, 0.4) is 0 Å². The molecule has 32 heavy (non-hydrogen) atoms. The molecule has 0 aliphatic carbocycles. The van der Waals surface area contributed by atoms with E-state index in [1.165, 1.54) is 44.5 Å². The standard InChI is InChI=1S/C24H41N5O2.HI/c1-3-10-28-11-8-22(9-12-28)27-24(25-4-2)26-20-21-6-5-7-23(19-21)31-18-15-29-13-16-30-17-14-29;/h5-7,19,22H,3-4,8-18,20H2,1-2H3,(H2,25,26,27);1H. The number of hydrogen-bond acceptors (Lipinski definition) is 5. The van der Waals surface area contributed by atoms with E-state index in [4.69, 9.17) is 14.5 Å². The van der Waals surface area contributed by atoms with Gasteiger partial charge >= 0.3 is 0 Å². The molecule has 0 atom stereocenters. The second-order valence-electron chi connectivity index (χ2n) is 8.41. The van der Waals surface area contributed by atoms with Crippen LogP contribution in [0.4, 0.5) is 0 Å². The van der Waals surface area contributed by atoms with Gasteiger partial charge in [-0.05, 0) is 50.4 Å². The highest BCUT2D eigenvalue weighted by atomic mass is 127. The highest BCUT2D eigenvalue weighted by Gasteiger charge is 2.19. The minimum atomic E-state index is 0. The molecule has 0 bridgehead atoms. The van der Waals surface area contributed by atoms with Crippen molar-refractivity contribution in [1.29, 1.82) is 0 Å². The lowest BCUT2D eigenvalue weighted by Crippen LogP contribution is -2.48. The van der Waals surface area contributed by atoms with Gasteiger partial charge in [0, 0.05) is 45.3 Å². The quantitative estimate of drug-likeness (QED) is 0.261. The predicted octanol–water partition coefficient (Wildman–Crippen LogP) is 2.95. The third kappa shape index (κ3) is 9.80. The van der Waals surface area contributed by atoms with Crippen molar-refractivity contribution in [2.75, 3.05) is 65.6 Å². The summed E-state index contributed by atoms with van der Waals surface area (Å²) in [7, 11) is 0. The van der Waals surface area contributed by atoms with Crippen molar-refractivity contribution in [2.24, 2.45) is 4.99 Å². The smallest absolute Gasteiger partial charge is 0.191 e. The number of benzene rings is 1. The maximum absolute atomic E-state index is 5.99. The molecule has 3 rings (SSSR count). The summed E-state index contributed by atoms with van der Waals surface area (Å²) in [6.45, 7) is 14.7. The molecular weight excluding hydrogens is 517 g/mol. The Morgan fingerprint density at radius 1 is 1.09 bits per heavy atom. The average molecular weight is 560 g/mol. The van der Waals surface area contributed by atoms with Crippen molar-refractivity contribution in [1.82, 2.24) is 20.4 Å². The van der Waals surface area contributed by atoms with Crippen molar-refractivity contribution in [3.8, 4) is 5.75 Å². The van der Waals surface area contributed by atoms with E-state index in [0.717, 1.165) is 51.1 Å². The summed E-state index contributed by atoms with van der Waals surface area (Å²) in [5.41, 5.74) is 1.17. The van der Waals surface area contributed by atoms with Crippen molar-refractivity contribution >= 4 is 29.9 Å². The van der Waals surface area contributed by atoms with Crippen LogP contribution in [0.2, 0.25) is 0 Å². The lowest BCUT2D eigenvalue weighted by molar-refractivity contribution is 0.0322. The SMILES string of the molecule is CCCN1CCC(NC(=NCc2cccc(OCCN3CCOCC3)c2)NCC)CC1.I. The zero-order valence-corrected chi connectivity index (χ0v) is 22.2. The Kier molecular flexibility index (Phi) is 13.3. The van der Waals surface area contributed by atoms with E-state index in [0.29, 0.717) is 19.2 Å². The first-order valence-electron chi connectivity index (χ1n) is 12.1. The molecule has 2 fully saturated rings. The van der Waals surface area contributed by atoms with Crippen molar-refractivity contribution in [3.63, 3.8) is 0 Å². The van der Waals surface area contributed by atoms with Crippen LogP contribution in [-0.4, -0.2) is 87.4 Å². The summed E-state index contributed by atoms with van der Waals surface area (Å²) in [5.74, 6) is 1.83. The van der Waals surface area contributed by atoms with Crippen LogP contribution < -0.4 is 15.4 Å². The van der Waals surface area contributed by atoms with Gasteiger partial charge in [0.05, 0.1) is 19.8 Å². The highest BCUT2D eigenvalue weighted by molar-refractivity contribution is 14.0. The highest BCUT2D eigenvalue weighted by Crippen LogP contribution is 2.15. The fourth-order valence-electron chi connectivity index (χ4n) is 4.15. The number of piperidine rings is 1. The van der Waals surface area contributed by atoms with Gasteiger partial charge in [0.15, 0.2) is 5.96 Å². The molecule has 8 heteroatoms. The normalized spacial score (nSPS) is 18.8. The van der Waals surface area contributed by atoms with Gasteiger partial charge in [-0.2, -0.15) is 0 Å². The van der Waals surface area contributed by atoms with Crippen LogP contribution >= 0.6 is 24.0 Å². The second-order valence-corrected chi connectivity index (χ2v) is 8.41. The summed E-state index contributed by atoms with van der Waals surface area (Å²) in [4.78, 5) is 9.78. The van der Waals surface area contributed by atoms with Crippen molar-refractivity contribution in [2.45, 2.75) is 45.7 Å². The third-order valence-corrected chi connectivity index (χ3v) is 5.91. The maximum Gasteiger partial charge on any atom is 0.191 e. The molecule has 7 nitrogen and oxygen atoms in total. The van der Waals surface area contributed by atoms with Crippen LogP contribution in [-0.2, 0) is 11.3 Å². The molecule has 1 aromatic carbocycles. The van der Waals surface area contributed by atoms with Gasteiger partial charge in [0.2, 0.25) is 0 Å². The second kappa shape index (κ2) is 15.7. The van der Waals surface area contributed by atoms with E-state index in [2.05, 4.69) is 52.5 Å². The molecule has 182 valence electrons. The number of halogens is 1. The first kappa shape index (κ1) is 27.1. The molecule has 2 saturated heterocycles. The first-order valence-corrected chi connectivity index (χ1v) is 12.1. The Bertz CT molecular complexity index is 662. The zero-order valence-electron chi connectivity index (χ0n) is 19.9. The van der Waals surface area contributed by atoms with Gasteiger partial charge in [-0.25, -0.2) is 4.99 Å². The molecule has 0 aromatic heterocycles. The van der Waals surface area contributed by atoms with Crippen LogP contribution in [0.5, 0.6) is 5.75 Å². The van der Waals surface area contributed by atoms with Gasteiger partial charge in [-0.15, -0.1) is 24.0 Å². The summed E-state index contributed by atoms with van der Waals surface area (Å²) < 4.78 is 11.4. The van der Waals surface area contributed by atoms with Gasteiger partial charge in [-0.1, -0.05) is 19.1 Å². The van der Waals surface area contributed by atoms with Crippen molar-refractivity contribution in [3.05, 3.63) is 29.8 Å².